The van der Waals surface area contributed by atoms with Gasteiger partial charge in [-0.2, -0.15) is 0 Å². The molecule has 2 aromatic rings. The van der Waals surface area contributed by atoms with Crippen molar-refractivity contribution < 1.29 is 5.11 Å². The molecule has 2 unspecified atom stereocenters. The molecule has 0 fully saturated rings. The van der Waals surface area contributed by atoms with Crippen LogP contribution in [-0.2, 0) is 0 Å². The lowest BCUT2D eigenvalue weighted by molar-refractivity contribution is 0.176. The lowest BCUT2D eigenvalue weighted by Gasteiger charge is -2.28. The Bertz CT molecular complexity index is 991. The highest BCUT2D eigenvalue weighted by molar-refractivity contribution is 5.52. The molecular weight excluding hydrogens is 344 g/mol. The van der Waals surface area contributed by atoms with Crippen LogP contribution in [0.1, 0.15) is 44.2 Å². The highest BCUT2D eigenvalue weighted by Gasteiger charge is 2.24. The van der Waals surface area contributed by atoms with Crippen LogP contribution in [0.2, 0.25) is 0 Å². The molecule has 3 nitrogen and oxygen atoms in total. The first kappa shape index (κ1) is 18.9. The van der Waals surface area contributed by atoms with E-state index in [9.17, 15) is 5.11 Å². The van der Waals surface area contributed by atoms with Crippen LogP contribution in [-0.4, -0.2) is 17.4 Å². The van der Waals surface area contributed by atoms with Gasteiger partial charge in [-0.15, -0.1) is 0 Å². The molecule has 0 saturated carbocycles. The van der Waals surface area contributed by atoms with E-state index in [1.807, 2.05) is 24.3 Å². The Morgan fingerprint density at radius 1 is 1.07 bits per heavy atom. The highest BCUT2D eigenvalue weighted by Crippen LogP contribution is 2.28. The fraction of sp³-hybridized carbons (Fsp3) is 0.320. The quantitative estimate of drug-likeness (QED) is 0.762. The maximum atomic E-state index is 11.2. The molecule has 2 N–H and O–H groups in total. The molecule has 1 aliphatic heterocycles. The molecule has 2 aliphatic rings. The van der Waals surface area contributed by atoms with Crippen molar-refractivity contribution in [3.05, 3.63) is 94.5 Å². The predicted molar refractivity (Wildman–Crippen MR) is 114 cm³/mol. The van der Waals surface area contributed by atoms with E-state index in [0.29, 0.717) is 0 Å². The third-order valence-corrected chi connectivity index (χ3v) is 5.67. The molecule has 0 aromatic heterocycles. The zero-order valence-electron chi connectivity index (χ0n) is 16.4. The summed E-state index contributed by atoms with van der Waals surface area (Å²) in [4.78, 5) is 4.96. The molecule has 2 aromatic carbocycles. The number of hydrogen-bond acceptors (Lipinski definition) is 3. The van der Waals surface area contributed by atoms with Gasteiger partial charge in [0, 0.05) is 11.3 Å². The van der Waals surface area contributed by atoms with E-state index in [-0.39, 0.29) is 12.1 Å². The van der Waals surface area contributed by atoms with Crippen LogP contribution in [0.25, 0.3) is 5.57 Å². The minimum absolute atomic E-state index is 0.0384. The minimum Gasteiger partial charge on any atom is -0.375 e. The topological polar surface area (TPSA) is 44.6 Å². The van der Waals surface area contributed by atoms with Crippen molar-refractivity contribution in [3.8, 4) is 0 Å². The maximum Gasteiger partial charge on any atom is 0.128 e. The second-order valence-corrected chi connectivity index (χ2v) is 7.52. The number of benzene rings is 2. The first-order chi connectivity index (χ1) is 13.8. The molecule has 0 bridgehead atoms. The van der Waals surface area contributed by atoms with Gasteiger partial charge >= 0.3 is 0 Å². The van der Waals surface area contributed by atoms with Gasteiger partial charge in [0.1, 0.15) is 6.23 Å². The summed E-state index contributed by atoms with van der Waals surface area (Å²) in [5.41, 5.74) is 3.49. The van der Waals surface area contributed by atoms with E-state index < -0.39 is 6.23 Å². The molecule has 0 saturated heterocycles. The van der Waals surface area contributed by atoms with E-state index in [1.165, 1.54) is 11.1 Å². The van der Waals surface area contributed by atoms with Gasteiger partial charge in [-0.3, -0.25) is 10.3 Å². The molecule has 0 radical (unpaired) electrons. The van der Waals surface area contributed by atoms with Gasteiger partial charge in [-0.25, -0.2) is 0 Å². The lowest BCUT2D eigenvalue weighted by atomic mass is 9.93. The Kier molecular flexibility index (Phi) is 5.84. The van der Waals surface area contributed by atoms with Crippen molar-refractivity contribution in [2.45, 2.75) is 50.9 Å². The summed E-state index contributed by atoms with van der Waals surface area (Å²) in [5.74, 6) is 0. The summed E-state index contributed by atoms with van der Waals surface area (Å²) < 4.78 is 0. The van der Waals surface area contributed by atoms with Crippen molar-refractivity contribution in [2.75, 3.05) is 0 Å². The number of fused-ring (bicyclic) bond motifs is 1. The molecule has 4 rings (SSSR count). The number of aliphatic hydroxyl groups excluding tert-OH is 1. The number of hydrogen-bond donors (Lipinski definition) is 2. The van der Waals surface area contributed by atoms with E-state index in [2.05, 4.69) is 60.8 Å². The summed E-state index contributed by atoms with van der Waals surface area (Å²) in [6.07, 6.45) is 9.86. The number of aliphatic hydroxyl groups is 1. The summed E-state index contributed by atoms with van der Waals surface area (Å²) >= 11 is 0. The number of rotatable bonds is 6. The van der Waals surface area contributed by atoms with Crippen molar-refractivity contribution >= 4 is 5.57 Å². The molecule has 3 atom stereocenters. The van der Waals surface area contributed by atoms with Crippen molar-refractivity contribution in [2.24, 2.45) is 4.99 Å². The van der Waals surface area contributed by atoms with Crippen LogP contribution < -0.4 is 15.9 Å². The SMILES string of the molecule is CC[C@@H](NC(O)C1=c2ccccc2=NC(c2ccccc2)C1)C1=CCCC=C1. The Morgan fingerprint density at radius 2 is 1.86 bits per heavy atom. The van der Waals surface area contributed by atoms with E-state index >= 15 is 0 Å². The smallest absolute Gasteiger partial charge is 0.128 e. The van der Waals surface area contributed by atoms with Crippen LogP contribution in [0, 0.1) is 0 Å². The van der Waals surface area contributed by atoms with Crippen LogP contribution in [0.15, 0.2) is 83.4 Å². The van der Waals surface area contributed by atoms with Gasteiger partial charge in [-0.05, 0) is 48.5 Å². The van der Waals surface area contributed by atoms with Crippen LogP contribution in [0.4, 0.5) is 0 Å². The molecule has 1 heterocycles. The predicted octanol–water partition coefficient (Wildman–Crippen LogP) is 3.56. The summed E-state index contributed by atoms with van der Waals surface area (Å²) in [5, 5.41) is 16.7. The fourth-order valence-electron chi connectivity index (χ4n) is 4.15. The molecule has 0 amide bonds. The third-order valence-electron chi connectivity index (χ3n) is 5.67. The maximum absolute atomic E-state index is 11.2. The molecule has 28 heavy (non-hydrogen) atoms. The summed E-state index contributed by atoms with van der Waals surface area (Å²) in [6, 6.07) is 18.7. The Labute approximate surface area is 166 Å². The molecule has 3 heteroatoms. The monoisotopic (exact) mass is 372 g/mol. The number of nitrogens with zero attached hydrogens (tertiary/aromatic N) is 1. The van der Waals surface area contributed by atoms with Crippen molar-refractivity contribution in [1.29, 1.82) is 0 Å². The number of nitrogens with one attached hydrogen (secondary N) is 1. The normalized spacial score (nSPS) is 20.7. The largest absolute Gasteiger partial charge is 0.375 e. The Balaban J connectivity index is 1.66. The Morgan fingerprint density at radius 3 is 2.61 bits per heavy atom. The van der Waals surface area contributed by atoms with E-state index in [1.54, 1.807) is 0 Å². The highest BCUT2D eigenvalue weighted by atomic mass is 16.3. The summed E-state index contributed by atoms with van der Waals surface area (Å²) in [6.45, 7) is 2.16. The number of allylic oxidation sites excluding steroid dienone is 2. The fourth-order valence-corrected chi connectivity index (χ4v) is 4.15. The first-order valence-electron chi connectivity index (χ1n) is 10.3. The van der Waals surface area contributed by atoms with Gasteiger partial charge in [0.05, 0.1) is 11.4 Å². The van der Waals surface area contributed by atoms with Crippen LogP contribution in [0.5, 0.6) is 0 Å². The van der Waals surface area contributed by atoms with E-state index in [4.69, 9.17) is 4.99 Å². The number of para-hydroxylation sites is 1. The van der Waals surface area contributed by atoms with Gasteiger partial charge < -0.3 is 5.11 Å². The molecule has 0 spiro atoms. The molecular formula is C25H28N2O. The van der Waals surface area contributed by atoms with Crippen molar-refractivity contribution in [3.63, 3.8) is 0 Å². The van der Waals surface area contributed by atoms with Gasteiger partial charge in [-0.1, -0.05) is 73.7 Å². The zero-order chi connectivity index (χ0) is 19.3. The van der Waals surface area contributed by atoms with Gasteiger partial charge in [0.2, 0.25) is 0 Å². The summed E-state index contributed by atoms with van der Waals surface area (Å²) in [7, 11) is 0. The second-order valence-electron chi connectivity index (χ2n) is 7.52. The third kappa shape index (κ3) is 4.01. The zero-order valence-corrected chi connectivity index (χ0v) is 16.4. The Hall–Kier alpha value is -2.49. The second kappa shape index (κ2) is 8.68. The van der Waals surface area contributed by atoms with E-state index in [0.717, 1.165) is 41.8 Å². The first-order valence-corrected chi connectivity index (χ1v) is 10.3. The molecule has 1 aliphatic carbocycles. The molecule has 144 valence electrons. The van der Waals surface area contributed by atoms with Crippen LogP contribution in [0.3, 0.4) is 0 Å². The van der Waals surface area contributed by atoms with Gasteiger partial charge in [0.25, 0.3) is 0 Å². The van der Waals surface area contributed by atoms with Gasteiger partial charge in [0.15, 0.2) is 0 Å². The van der Waals surface area contributed by atoms with Crippen LogP contribution >= 0.6 is 0 Å². The standard InChI is InChI=1S/C25H28N2O/c1-2-22(18-11-5-3-6-12-18)27-25(28)21-17-24(19-13-7-4-8-14-19)26-23-16-10-9-15-20(21)23/h4-5,7-16,22,24-25,27-28H,2-3,6,17H2,1H3/t22-,24?,25?/m1/s1. The average molecular weight is 373 g/mol. The minimum atomic E-state index is -0.691. The average Bonchev–Trinajstić information content (AvgIpc) is 2.77. The lowest BCUT2D eigenvalue weighted by Crippen LogP contribution is -2.45. The van der Waals surface area contributed by atoms with Crippen molar-refractivity contribution in [1.82, 2.24) is 5.32 Å².